The number of nitrogens with zero attached hydrogens (tertiary/aromatic N) is 2. The Hall–Kier alpha value is -1.92. The molecule has 0 atom stereocenters. The predicted molar refractivity (Wildman–Crippen MR) is 77.8 cm³/mol. The van der Waals surface area contributed by atoms with E-state index in [2.05, 4.69) is 15.5 Å². The molecule has 0 aliphatic heterocycles. The fourth-order valence-electron chi connectivity index (χ4n) is 1.43. The van der Waals surface area contributed by atoms with Crippen molar-refractivity contribution in [1.82, 2.24) is 10.4 Å². The number of amides is 1. The van der Waals surface area contributed by atoms with Crippen LogP contribution in [-0.2, 0) is 0 Å². The molecule has 0 fully saturated rings. The maximum absolute atomic E-state index is 11.8. The van der Waals surface area contributed by atoms with Crippen LogP contribution < -0.4 is 11.2 Å². The van der Waals surface area contributed by atoms with E-state index in [4.69, 9.17) is 17.3 Å². The van der Waals surface area contributed by atoms with E-state index in [0.29, 0.717) is 20.7 Å². The van der Waals surface area contributed by atoms with Gasteiger partial charge in [-0.15, -0.1) is 0 Å². The van der Waals surface area contributed by atoms with Crippen molar-refractivity contribution in [2.24, 2.45) is 5.10 Å². The van der Waals surface area contributed by atoms with Gasteiger partial charge in [-0.05, 0) is 24.6 Å². The molecule has 19 heavy (non-hydrogen) atoms. The summed E-state index contributed by atoms with van der Waals surface area (Å²) in [7, 11) is 0. The van der Waals surface area contributed by atoms with Crippen molar-refractivity contribution in [2.75, 3.05) is 5.73 Å². The molecule has 98 valence electrons. The fourth-order valence-corrected chi connectivity index (χ4v) is 2.35. The highest BCUT2D eigenvalue weighted by molar-refractivity contribution is 7.17. The molecule has 0 saturated carbocycles. The lowest BCUT2D eigenvalue weighted by Gasteiger charge is -1.97. The van der Waals surface area contributed by atoms with Crippen molar-refractivity contribution in [3.63, 3.8) is 0 Å². The Labute approximate surface area is 119 Å². The number of aromatic nitrogens is 1. The Kier molecular flexibility index (Phi) is 4.13. The third kappa shape index (κ3) is 3.52. The summed E-state index contributed by atoms with van der Waals surface area (Å²) in [5.74, 6) is -0.329. The topological polar surface area (TPSA) is 80.4 Å². The number of hydrogen-bond acceptors (Lipinski definition) is 5. The second-order valence-corrected chi connectivity index (χ2v) is 5.19. The molecule has 3 N–H and O–H groups in total. The maximum atomic E-state index is 11.8. The van der Waals surface area contributed by atoms with E-state index >= 15 is 0 Å². The van der Waals surface area contributed by atoms with Crippen LogP contribution in [0.1, 0.15) is 20.9 Å². The standard InChI is InChI=1S/C12H11ClN4OS/c1-7-10(19-12(14)16-7)11(18)17-15-6-8-3-2-4-9(13)5-8/h2-6H,1H3,(H2,14,16)(H,17,18). The van der Waals surface area contributed by atoms with Gasteiger partial charge in [0.25, 0.3) is 5.91 Å². The molecule has 1 aromatic heterocycles. The number of rotatable bonds is 3. The average Bonchev–Trinajstić information content (AvgIpc) is 2.68. The first-order valence-corrected chi connectivity index (χ1v) is 6.57. The van der Waals surface area contributed by atoms with Gasteiger partial charge in [0.15, 0.2) is 5.13 Å². The van der Waals surface area contributed by atoms with Crippen LogP contribution in [0.4, 0.5) is 5.13 Å². The van der Waals surface area contributed by atoms with Crippen molar-refractivity contribution in [3.8, 4) is 0 Å². The molecule has 2 rings (SSSR count). The van der Waals surface area contributed by atoms with Gasteiger partial charge >= 0.3 is 0 Å². The molecule has 1 heterocycles. The molecule has 0 aliphatic carbocycles. The number of nitrogens with one attached hydrogen (secondary N) is 1. The highest BCUT2D eigenvalue weighted by atomic mass is 35.5. The van der Waals surface area contributed by atoms with Gasteiger partial charge in [-0.2, -0.15) is 5.10 Å². The van der Waals surface area contributed by atoms with Gasteiger partial charge in [-0.3, -0.25) is 4.79 Å². The molecule has 2 aromatic rings. The van der Waals surface area contributed by atoms with Crippen LogP contribution in [0, 0.1) is 6.92 Å². The smallest absolute Gasteiger partial charge is 0.283 e. The van der Waals surface area contributed by atoms with Crippen molar-refractivity contribution in [3.05, 3.63) is 45.4 Å². The summed E-state index contributed by atoms with van der Waals surface area (Å²) in [5.41, 5.74) is 9.35. The lowest BCUT2D eigenvalue weighted by molar-refractivity contribution is 0.0958. The van der Waals surface area contributed by atoms with Crippen LogP contribution in [-0.4, -0.2) is 17.1 Å². The number of carbonyl (C=O) groups excluding carboxylic acids is 1. The number of carbonyl (C=O) groups is 1. The van der Waals surface area contributed by atoms with E-state index in [1.54, 1.807) is 25.1 Å². The first-order chi connectivity index (χ1) is 9.06. The minimum absolute atomic E-state index is 0.329. The third-order valence-electron chi connectivity index (χ3n) is 2.25. The Morgan fingerprint density at radius 2 is 2.37 bits per heavy atom. The molecule has 5 nitrogen and oxygen atoms in total. The molecule has 0 bridgehead atoms. The van der Waals surface area contributed by atoms with Gasteiger partial charge in [-0.1, -0.05) is 35.1 Å². The number of anilines is 1. The molecule has 1 amide bonds. The van der Waals surface area contributed by atoms with Crippen LogP contribution in [0.25, 0.3) is 0 Å². The number of hydrazone groups is 1. The number of aryl methyl sites for hydroxylation is 1. The van der Waals surface area contributed by atoms with Crippen LogP contribution in [0.5, 0.6) is 0 Å². The summed E-state index contributed by atoms with van der Waals surface area (Å²) < 4.78 is 0. The highest BCUT2D eigenvalue weighted by Gasteiger charge is 2.13. The van der Waals surface area contributed by atoms with E-state index in [0.717, 1.165) is 16.9 Å². The van der Waals surface area contributed by atoms with Gasteiger partial charge in [0.05, 0.1) is 11.9 Å². The summed E-state index contributed by atoms with van der Waals surface area (Å²) in [6.07, 6.45) is 1.52. The lowest BCUT2D eigenvalue weighted by Crippen LogP contribution is -2.17. The first kappa shape index (κ1) is 13.5. The Morgan fingerprint density at radius 3 is 3.00 bits per heavy atom. The van der Waals surface area contributed by atoms with Gasteiger partial charge in [-0.25, -0.2) is 10.4 Å². The molecule has 0 saturated heterocycles. The van der Waals surface area contributed by atoms with Crippen molar-refractivity contribution >= 4 is 40.2 Å². The summed E-state index contributed by atoms with van der Waals surface area (Å²) >= 11 is 6.97. The summed E-state index contributed by atoms with van der Waals surface area (Å²) in [5, 5.41) is 4.84. The van der Waals surface area contributed by atoms with Gasteiger partial charge in [0, 0.05) is 5.02 Å². The van der Waals surface area contributed by atoms with Crippen LogP contribution in [0.2, 0.25) is 5.02 Å². The number of benzene rings is 1. The van der Waals surface area contributed by atoms with Crippen molar-refractivity contribution in [1.29, 1.82) is 0 Å². The van der Waals surface area contributed by atoms with Gasteiger partial charge in [0.1, 0.15) is 4.88 Å². The van der Waals surface area contributed by atoms with E-state index < -0.39 is 0 Å². The van der Waals surface area contributed by atoms with Gasteiger partial charge in [0.2, 0.25) is 0 Å². The summed E-state index contributed by atoms with van der Waals surface area (Å²) in [6, 6.07) is 7.14. The minimum atomic E-state index is -0.329. The van der Waals surface area contributed by atoms with E-state index in [-0.39, 0.29) is 5.91 Å². The molecule has 0 spiro atoms. The lowest BCUT2D eigenvalue weighted by atomic mass is 10.2. The normalized spacial score (nSPS) is 10.8. The second kappa shape index (κ2) is 5.81. The SMILES string of the molecule is Cc1nc(N)sc1C(=O)NN=Cc1cccc(Cl)c1. The Balaban J connectivity index is 2.03. The van der Waals surface area contributed by atoms with Gasteiger partial charge < -0.3 is 5.73 Å². The summed E-state index contributed by atoms with van der Waals surface area (Å²) in [4.78, 5) is 16.2. The van der Waals surface area contributed by atoms with Crippen LogP contribution in [0.3, 0.4) is 0 Å². The average molecular weight is 295 g/mol. The molecular formula is C12H11ClN4OS. The molecule has 1 aromatic carbocycles. The van der Waals surface area contributed by atoms with Crippen LogP contribution in [0.15, 0.2) is 29.4 Å². The zero-order valence-corrected chi connectivity index (χ0v) is 11.6. The zero-order chi connectivity index (χ0) is 13.8. The number of nitrogen functional groups attached to an aromatic ring is 1. The first-order valence-electron chi connectivity index (χ1n) is 5.38. The molecule has 7 heteroatoms. The molecule has 0 radical (unpaired) electrons. The van der Waals surface area contributed by atoms with Crippen LogP contribution >= 0.6 is 22.9 Å². The zero-order valence-electron chi connectivity index (χ0n) is 10.1. The minimum Gasteiger partial charge on any atom is -0.375 e. The second-order valence-electron chi connectivity index (χ2n) is 3.72. The van der Waals surface area contributed by atoms with E-state index in [1.165, 1.54) is 6.21 Å². The predicted octanol–water partition coefficient (Wildman–Crippen LogP) is 2.45. The van der Waals surface area contributed by atoms with E-state index in [1.807, 2.05) is 6.07 Å². The molecule has 0 aliphatic rings. The largest absolute Gasteiger partial charge is 0.375 e. The molecule has 0 unspecified atom stereocenters. The monoisotopic (exact) mass is 294 g/mol. The Bertz CT molecular complexity index is 638. The quantitative estimate of drug-likeness (QED) is 0.674. The number of nitrogens with two attached hydrogens (primary N) is 1. The number of hydrogen-bond donors (Lipinski definition) is 2. The van der Waals surface area contributed by atoms with Crippen molar-refractivity contribution < 1.29 is 4.79 Å². The number of thiazole rings is 1. The fraction of sp³-hybridized carbons (Fsp3) is 0.0833. The maximum Gasteiger partial charge on any atom is 0.283 e. The van der Waals surface area contributed by atoms with Crippen molar-refractivity contribution in [2.45, 2.75) is 6.92 Å². The Morgan fingerprint density at radius 1 is 1.58 bits per heavy atom. The highest BCUT2D eigenvalue weighted by Crippen LogP contribution is 2.19. The van der Waals surface area contributed by atoms with E-state index in [9.17, 15) is 4.79 Å². The molecular weight excluding hydrogens is 284 g/mol. The third-order valence-corrected chi connectivity index (χ3v) is 3.47. The number of halogens is 1. The summed E-state index contributed by atoms with van der Waals surface area (Å²) in [6.45, 7) is 1.72.